The van der Waals surface area contributed by atoms with Gasteiger partial charge in [-0.15, -0.1) is 0 Å². The zero-order chi connectivity index (χ0) is 17.5. The molecule has 0 saturated heterocycles. The molecule has 1 unspecified atom stereocenters. The number of carbonyl (C=O) groups is 1. The quantitative estimate of drug-likeness (QED) is 0.550. The Kier molecular flexibility index (Phi) is 5.26. The lowest BCUT2D eigenvalue weighted by Gasteiger charge is -2.13. The van der Waals surface area contributed by atoms with Crippen LogP contribution in [0.1, 0.15) is 12.7 Å². The largest absolute Gasteiger partial charge is 0.481 e. The Hall–Kier alpha value is -3.34. The molecule has 1 heterocycles. The molecule has 0 saturated carbocycles. The maximum atomic E-state index is 12.0. The molecule has 126 valence electrons. The molecular formula is C20H18N2O3. The monoisotopic (exact) mass is 334 g/mol. The summed E-state index contributed by atoms with van der Waals surface area (Å²) in [6.45, 7) is 1.67. The average Bonchev–Trinajstić information content (AvgIpc) is 3.16. The van der Waals surface area contributed by atoms with Crippen LogP contribution in [0.25, 0.3) is 11.1 Å². The molecule has 1 atom stereocenters. The van der Waals surface area contributed by atoms with Crippen molar-refractivity contribution >= 4 is 12.1 Å². The number of benzene rings is 2. The third-order valence-electron chi connectivity index (χ3n) is 3.55. The van der Waals surface area contributed by atoms with Gasteiger partial charge in [0.2, 0.25) is 0 Å². The van der Waals surface area contributed by atoms with Gasteiger partial charge in [-0.25, -0.2) is 5.43 Å². The van der Waals surface area contributed by atoms with Crippen LogP contribution >= 0.6 is 0 Å². The van der Waals surface area contributed by atoms with Crippen molar-refractivity contribution in [3.8, 4) is 16.9 Å². The fourth-order valence-corrected chi connectivity index (χ4v) is 2.23. The Balaban J connectivity index is 1.55. The van der Waals surface area contributed by atoms with Crippen molar-refractivity contribution in [1.82, 2.24) is 5.43 Å². The molecule has 0 fully saturated rings. The Morgan fingerprint density at radius 1 is 1.04 bits per heavy atom. The predicted molar refractivity (Wildman–Crippen MR) is 96.4 cm³/mol. The van der Waals surface area contributed by atoms with E-state index in [0.717, 1.165) is 11.1 Å². The van der Waals surface area contributed by atoms with E-state index in [0.29, 0.717) is 11.5 Å². The lowest BCUT2D eigenvalue weighted by molar-refractivity contribution is -0.127. The van der Waals surface area contributed by atoms with Crippen molar-refractivity contribution < 1.29 is 13.9 Å². The van der Waals surface area contributed by atoms with Gasteiger partial charge >= 0.3 is 0 Å². The number of hydrazone groups is 1. The van der Waals surface area contributed by atoms with Gasteiger partial charge in [0.05, 0.1) is 12.5 Å². The minimum Gasteiger partial charge on any atom is -0.481 e. The summed E-state index contributed by atoms with van der Waals surface area (Å²) in [5.41, 5.74) is 4.65. The summed E-state index contributed by atoms with van der Waals surface area (Å²) in [5.74, 6) is 0.845. The number of ether oxygens (including phenoxy) is 1. The highest BCUT2D eigenvalue weighted by atomic mass is 16.5. The molecule has 1 amide bonds. The summed E-state index contributed by atoms with van der Waals surface area (Å²) in [6.07, 6.45) is 2.30. The van der Waals surface area contributed by atoms with Gasteiger partial charge in [-0.3, -0.25) is 4.79 Å². The second-order valence-electron chi connectivity index (χ2n) is 5.40. The number of carbonyl (C=O) groups excluding carboxylic acids is 1. The first-order valence-corrected chi connectivity index (χ1v) is 7.91. The molecule has 0 aliphatic heterocycles. The van der Waals surface area contributed by atoms with E-state index in [1.165, 1.54) is 12.5 Å². The Morgan fingerprint density at radius 3 is 2.44 bits per heavy atom. The Labute approximate surface area is 145 Å². The van der Waals surface area contributed by atoms with Crippen molar-refractivity contribution in [2.24, 2.45) is 5.10 Å². The number of amides is 1. The van der Waals surface area contributed by atoms with E-state index < -0.39 is 6.10 Å². The first-order chi connectivity index (χ1) is 12.2. The van der Waals surface area contributed by atoms with Crippen molar-refractivity contribution in [2.75, 3.05) is 0 Å². The zero-order valence-electron chi connectivity index (χ0n) is 13.8. The highest BCUT2D eigenvalue weighted by Gasteiger charge is 2.13. The van der Waals surface area contributed by atoms with Crippen LogP contribution in [0.3, 0.4) is 0 Å². The number of furan rings is 1. The van der Waals surface area contributed by atoms with Crippen LogP contribution in [0, 0.1) is 0 Å². The molecule has 0 aliphatic carbocycles. The van der Waals surface area contributed by atoms with Crippen molar-refractivity contribution in [3.05, 3.63) is 78.8 Å². The number of hydrogen-bond acceptors (Lipinski definition) is 4. The summed E-state index contributed by atoms with van der Waals surface area (Å²) in [5, 5.41) is 3.83. The van der Waals surface area contributed by atoms with E-state index >= 15 is 0 Å². The first-order valence-electron chi connectivity index (χ1n) is 7.91. The van der Waals surface area contributed by atoms with Gasteiger partial charge in [0.25, 0.3) is 5.91 Å². The van der Waals surface area contributed by atoms with Crippen molar-refractivity contribution in [3.63, 3.8) is 0 Å². The van der Waals surface area contributed by atoms with Crippen LogP contribution < -0.4 is 10.2 Å². The lowest BCUT2D eigenvalue weighted by Crippen LogP contribution is -2.33. The number of rotatable bonds is 6. The molecule has 0 bridgehead atoms. The predicted octanol–water partition coefficient (Wildman–Crippen LogP) is 3.86. The van der Waals surface area contributed by atoms with Gasteiger partial charge < -0.3 is 9.15 Å². The van der Waals surface area contributed by atoms with Crippen molar-refractivity contribution in [1.29, 1.82) is 0 Å². The van der Waals surface area contributed by atoms with Gasteiger partial charge in [0, 0.05) is 0 Å². The summed E-state index contributed by atoms with van der Waals surface area (Å²) in [6, 6.07) is 21.2. The molecule has 3 aromatic rings. The van der Waals surface area contributed by atoms with Crippen molar-refractivity contribution in [2.45, 2.75) is 13.0 Å². The SMILES string of the molecule is CC(Oc1ccc(-c2ccccc2)cc1)C(=O)N/N=C/c1ccco1. The molecule has 1 aromatic heterocycles. The average molecular weight is 334 g/mol. The summed E-state index contributed by atoms with van der Waals surface area (Å²) in [4.78, 5) is 12.0. The summed E-state index contributed by atoms with van der Waals surface area (Å²) in [7, 11) is 0. The molecule has 0 spiro atoms. The van der Waals surface area contributed by atoms with Gasteiger partial charge in [-0.1, -0.05) is 42.5 Å². The first kappa shape index (κ1) is 16.5. The molecule has 2 aromatic carbocycles. The van der Waals surface area contributed by atoms with E-state index in [9.17, 15) is 4.79 Å². The van der Waals surface area contributed by atoms with E-state index in [4.69, 9.17) is 9.15 Å². The molecule has 25 heavy (non-hydrogen) atoms. The number of nitrogens with one attached hydrogen (secondary N) is 1. The Morgan fingerprint density at radius 2 is 1.76 bits per heavy atom. The highest BCUT2D eigenvalue weighted by Crippen LogP contribution is 2.22. The van der Waals surface area contributed by atoms with Gasteiger partial charge in [0.1, 0.15) is 11.5 Å². The maximum absolute atomic E-state index is 12.0. The second kappa shape index (κ2) is 7.97. The molecule has 1 N–H and O–H groups in total. The standard InChI is InChI=1S/C20H18N2O3/c1-15(20(23)22-21-14-19-8-5-13-24-19)25-18-11-9-17(10-12-18)16-6-3-2-4-7-16/h2-15H,1H3,(H,22,23)/b21-14+. The molecule has 0 radical (unpaired) electrons. The van der Waals surface area contributed by atoms with Crippen LogP contribution in [-0.4, -0.2) is 18.2 Å². The highest BCUT2D eigenvalue weighted by molar-refractivity contribution is 5.83. The smallest absolute Gasteiger partial charge is 0.280 e. The van der Waals surface area contributed by atoms with Crippen LogP contribution in [-0.2, 0) is 4.79 Å². The number of nitrogens with zero attached hydrogens (tertiary/aromatic N) is 1. The van der Waals surface area contributed by atoms with Gasteiger partial charge in [0.15, 0.2) is 6.10 Å². The van der Waals surface area contributed by atoms with Crippen LogP contribution in [0.15, 0.2) is 82.5 Å². The molecule has 5 heteroatoms. The molecule has 5 nitrogen and oxygen atoms in total. The van der Waals surface area contributed by atoms with Gasteiger partial charge in [-0.2, -0.15) is 5.10 Å². The second-order valence-corrected chi connectivity index (χ2v) is 5.40. The molecule has 0 aliphatic rings. The zero-order valence-corrected chi connectivity index (χ0v) is 13.8. The third kappa shape index (κ3) is 4.57. The normalized spacial score (nSPS) is 12.0. The van der Waals surface area contributed by atoms with E-state index in [-0.39, 0.29) is 5.91 Å². The Bertz CT molecular complexity index is 825. The molecule has 3 rings (SSSR count). The number of hydrogen-bond donors (Lipinski definition) is 1. The molecular weight excluding hydrogens is 316 g/mol. The van der Waals surface area contributed by atoms with Crippen LogP contribution in [0.5, 0.6) is 5.75 Å². The maximum Gasteiger partial charge on any atom is 0.280 e. The van der Waals surface area contributed by atoms with Gasteiger partial charge in [-0.05, 0) is 42.3 Å². The summed E-state index contributed by atoms with van der Waals surface area (Å²) >= 11 is 0. The van der Waals surface area contributed by atoms with E-state index in [1.807, 2.05) is 54.6 Å². The summed E-state index contributed by atoms with van der Waals surface area (Å²) < 4.78 is 10.7. The fourth-order valence-electron chi connectivity index (χ4n) is 2.23. The van der Waals surface area contributed by atoms with Crippen LogP contribution in [0.2, 0.25) is 0 Å². The topological polar surface area (TPSA) is 63.8 Å². The minimum absolute atomic E-state index is 0.338. The van der Waals surface area contributed by atoms with E-state index in [1.54, 1.807) is 19.1 Å². The fraction of sp³-hybridized carbons (Fsp3) is 0.100. The van der Waals surface area contributed by atoms with Crippen LogP contribution in [0.4, 0.5) is 0 Å². The minimum atomic E-state index is -0.670. The van der Waals surface area contributed by atoms with E-state index in [2.05, 4.69) is 10.5 Å². The lowest BCUT2D eigenvalue weighted by atomic mass is 10.1. The third-order valence-corrected chi connectivity index (χ3v) is 3.55.